The Labute approximate surface area is 84.5 Å². The van der Waals surface area contributed by atoms with Crippen LogP contribution in [-0.4, -0.2) is 39.3 Å². The predicted molar refractivity (Wildman–Crippen MR) is 50.3 cm³/mol. The first-order valence-electron chi connectivity index (χ1n) is 4.40. The maximum atomic E-state index is 10.7. The standard InChI is InChI=1S/C8H16O5S/c1-6-7(5-11-14(4,9)10)13-8(2,3)12-6/h6-7H,5H2,1-4H3/t6-,7-/m1/s1. The molecular formula is C8H16O5S. The zero-order chi connectivity index (χ0) is 11.0. The minimum atomic E-state index is -3.41. The van der Waals surface area contributed by atoms with Gasteiger partial charge in [0.15, 0.2) is 5.79 Å². The first-order chi connectivity index (χ1) is 6.20. The molecule has 84 valence electrons. The van der Waals surface area contributed by atoms with Gasteiger partial charge >= 0.3 is 0 Å². The van der Waals surface area contributed by atoms with Crippen LogP contribution in [0.25, 0.3) is 0 Å². The van der Waals surface area contributed by atoms with Crippen molar-refractivity contribution >= 4 is 10.1 Å². The van der Waals surface area contributed by atoms with E-state index in [0.717, 1.165) is 6.26 Å². The molecule has 0 aromatic heterocycles. The van der Waals surface area contributed by atoms with Gasteiger partial charge in [-0.05, 0) is 20.8 Å². The van der Waals surface area contributed by atoms with Crippen molar-refractivity contribution in [1.82, 2.24) is 0 Å². The van der Waals surface area contributed by atoms with E-state index in [-0.39, 0.29) is 18.8 Å². The Morgan fingerprint density at radius 2 is 1.93 bits per heavy atom. The fraction of sp³-hybridized carbons (Fsp3) is 1.00. The van der Waals surface area contributed by atoms with Crippen LogP contribution in [0, 0.1) is 0 Å². The largest absolute Gasteiger partial charge is 0.345 e. The Morgan fingerprint density at radius 1 is 1.36 bits per heavy atom. The fourth-order valence-electron chi connectivity index (χ4n) is 1.37. The number of hydrogen-bond donors (Lipinski definition) is 0. The molecule has 0 unspecified atom stereocenters. The van der Waals surface area contributed by atoms with Gasteiger partial charge in [-0.25, -0.2) is 0 Å². The van der Waals surface area contributed by atoms with Crippen molar-refractivity contribution in [2.45, 2.75) is 38.8 Å². The van der Waals surface area contributed by atoms with Gasteiger partial charge in [0.25, 0.3) is 10.1 Å². The summed E-state index contributed by atoms with van der Waals surface area (Å²) in [7, 11) is -3.41. The van der Waals surface area contributed by atoms with Crippen LogP contribution in [0.15, 0.2) is 0 Å². The van der Waals surface area contributed by atoms with Gasteiger partial charge in [0.1, 0.15) is 6.10 Å². The smallest absolute Gasteiger partial charge is 0.264 e. The van der Waals surface area contributed by atoms with Crippen molar-refractivity contribution in [3.05, 3.63) is 0 Å². The van der Waals surface area contributed by atoms with Crippen LogP contribution < -0.4 is 0 Å². The molecule has 14 heavy (non-hydrogen) atoms. The predicted octanol–water partition coefficient (Wildman–Crippen LogP) is 0.503. The molecule has 0 spiro atoms. The van der Waals surface area contributed by atoms with Gasteiger partial charge in [0, 0.05) is 0 Å². The van der Waals surface area contributed by atoms with Crippen molar-refractivity contribution in [3.63, 3.8) is 0 Å². The Morgan fingerprint density at radius 3 is 2.29 bits per heavy atom. The van der Waals surface area contributed by atoms with Crippen LogP contribution in [0.2, 0.25) is 0 Å². The van der Waals surface area contributed by atoms with Crippen LogP contribution in [0.1, 0.15) is 20.8 Å². The molecule has 0 radical (unpaired) electrons. The van der Waals surface area contributed by atoms with Crippen molar-refractivity contribution in [1.29, 1.82) is 0 Å². The van der Waals surface area contributed by atoms with E-state index >= 15 is 0 Å². The maximum absolute atomic E-state index is 10.7. The highest BCUT2D eigenvalue weighted by Gasteiger charge is 2.39. The number of ether oxygens (including phenoxy) is 2. The highest BCUT2D eigenvalue weighted by Crippen LogP contribution is 2.27. The fourth-order valence-corrected chi connectivity index (χ4v) is 1.75. The van der Waals surface area contributed by atoms with Gasteiger partial charge in [-0.2, -0.15) is 8.42 Å². The monoisotopic (exact) mass is 224 g/mol. The van der Waals surface area contributed by atoms with E-state index in [1.807, 2.05) is 6.92 Å². The molecule has 0 saturated carbocycles. The summed E-state index contributed by atoms with van der Waals surface area (Å²) in [5.41, 5.74) is 0. The zero-order valence-electron chi connectivity index (χ0n) is 8.81. The van der Waals surface area contributed by atoms with E-state index in [2.05, 4.69) is 4.18 Å². The lowest BCUT2D eigenvalue weighted by Crippen LogP contribution is -2.27. The van der Waals surface area contributed by atoms with E-state index in [1.165, 1.54) is 0 Å². The molecule has 1 saturated heterocycles. The normalized spacial score (nSPS) is 32.0. The Kier molecular flexibility index (Phi) is 3.20. The summed E-state index contributed by atoms with van der Waals surface area (Å²) in [6, 6.07) is 0. The lowest BCUT2D eigenvalue weighted by Gasteiger charge is -2.16. The second kappa shape index (κ2) is 3.77. The third kappa shape index (κ3) is 3.53. The second-order valence-corrected chi connectivity index (χ2v) is 5.51. The summed E-state index contributed by atoms with van der Waals surface area (Å²) in [4.78, 5) is 0. The van der Waals surface area contributed by atoms with Gasteiger partial charge < -0.3 is 9.47 Å². The van der Waals surface area contributed by atoms with Crippen LogP contribution >= 0.6 is 0 Å². The number of rotatable bonds is 3. The topological polar surface area (TPSA) is 61.8 Å². The summed E-state index contributed by atoms with van der Waals surface area (Å²) < 4.78 is 37.0. The Hall–Kier alpha value is -0.170. The third-order valence-corrected chi connectivity index (χ3v) is 2.44. The lowest BCUT2D eigenvalue weighted by molar-refractivity contribution is -0.147. The van der Waals surface area contributed by atoms with Gasteiger partial charge in [0.05, 0.1) is 19.0 Å². The summed E-state index contributed by atoms with van der Waals surface area (Å²) in [6.07, 6.45) is 0.519. The average Bonchev–Trinajstić information content (AvgIpc) is 2.19. The van der Waals surface area contributed by atoms with E-state index in [0.29, 0.717) is 0 Å². The van der Waals surface area contributed by atoms with Crippen LogP contribution in [0.3, 0.4) is 0 Å². The molecule has 1 rings (SSSR count). The minimum Gasteiger partial charge on any atom is -0.345 e. The summed E-state index contributed by atoms with van der Waals surface area (Å²) in [6.45, 7) is 5.39. The van der Waals surface area contributed by atoms with Crippen molar-refractivity contribution in [3.8, 4) is 0 Å². The quantitative estimate of drug-likeness (QED) is 0.653. The summed E-state index contributed by atoms with van der Waals surface area (Å²) in [5.74, 6) is -0.662. The lowest BCUT2D eigenvalue weighted by atomic mass is 10.2. The van der Waals surface area contributed by atoms with Gasteiger partial charge in [-0.1, -0.05) is 0 Å². The highest BCUT2D eigenvalue weighted by molar-refractivity contribution is 7.85. The molecule has 1 fully saturated rings. The molecule has 0 amide bonds. The summed E-state index contributed by atoms with van der Waals surface area (Å²) in [5, 5.41) is 0. The van der Waals surface area contributed by atoms with Crippen LogP contribution in [0.5, 0.6) is 0 Å². The van der Waals surface area contributed by atoms with Crippen molar-refractivity contribution < 1.29 is 22.1 Å². The van der Waals surface area contributed by atoms with Crippen LogP contribution in [-0.2, 0) is 23.8 Å². The van der Waals surface area contributed by atoms with Gasteiger partial charge in [-0.3, -0.25) is 4.18 Å². The average molecular weight is 224 g/mol. The first kappa shape index (κ1) is 11.9. The summed E-state index contributed by atoms with van der Waals surface area (Å²) >= 11 is 0. The Bertz CT molecular complexity index is 295. The molecule has 0 aromatic carbocycles. The van der Waals surface area contributed by atoms with Crippen molar-refractivity contribution in [2.24, 2.45) is 0 Å². The molecule has 0 bridgehead atoms. The SMILES string of the molecule is C[C@H]1OC(C)(C)O[C@@H]1COS(C)(=O)=O. The molecule has 1 aliphatic rings. The van der Waals surface area contributed by atoms with E-state index in [1.54, 1.807) is 13.8 Å². The van der Waals surface area contributed by atoms with Crippen molar-refractivity contribution in [2.75, 3.05) is 12.9 Å². The minimum absolute atomic E-state index is 0.00340. The highest BCUT2D eigenvalue weighted by atomic mass is 32.2. The third-order valence-electron chi connectivity index (χ3n) is 1.87. The molecule has 2 atom stereocenters. The van der Waals surface area contributed by atoms with Gasteiger partial charge in [-0.15, -0.1) is 0 Å². The van der Waals surface area contributed by atoms with Crippen LogP contribution in [0.4, 0.5) is 0 Å². The number of hydrogen-bond acceptors (Lipinski definition) is 5. The zero-order valence-corrected chi connectivity index (χ0v) is 9.63. The first-order valence-corrected chi connectivity index (χ1v) is 6.21. The molecule has 1 heterocycles. The maximum Gasteiger partial charge on any atom is 0.264 e. The molecular weight excluding hydrogens is 208 g/mol. The molecule has 5 nitrogen and oxygen atoms in total. The van der Waals surface area contributed by atoms with E-state index in [4.69, 9.17) is 9.47 Å². The molecule has 1 aliphatic heterocycles. The second-order valence-electron chi connectivity index (χ2n) is 3.87. The molecule has 6 heteroatoms. The molecule has 0 aliphatic carbocycles. The molecule has 0 N–H and O–H groups in total. The Balaban J connectivity index is 2.48. The van der Waals surface area contributed by atoms with E-state index in [9.17, 15) is 8.42 Å². The molecule has 0 aromatic rings. The van der Waals surface area contributed by atoms with E-state index < -0.39 is 15.9 Å². The van der Waals surface area contributed by atoms with Gasteiger partial charge in [0.2, 0.25) is 0 Å².